The van der Waals surface area contributed by atoms with Crippen molar-refractivity contribution in [3.63, 3.8) is 0 Å². The van der Waals surface area contributed by atoms with Crippen molar-refractivity contribution < 1.29 is 141 Å². The molecule has 2 heterocycles. The molecule has 0 aromatic carbocycles. The van der Waals surface area contributed by atoms with E-state index in [2.05, 4.69) is 38.4 Å². The Labute approximate surface area is 426 Å². The number of rotatable bonds is 29. The van der Waals surface area contributed by atoms with Gasteiger partial charge in [0, 0.05) is 0 Å². The third-order valence-electron chi connectivity index (χ3n) is 6.59. The van der Waals surface area contributed by atoms with Gasteiger partial charge < -0.3 is 40.1 Å². The maximum atomic E-state index is 12.9. The number of ether oxygens (including phenoxy) is 3. The van der Waals surface area contributed by atoms with Crippen LogP contribution in [0.4, 0.5) is 0 Å². The second-order valence-corrected chi connectivity index (χ2v) is 24.6. The molecule has 16 radical (unpaired) electrons. The largest absolute Gasteiger partial charge is 0.408 e. The van der Waals surface area contributed by atoms with Crippen molar-refractivity contribution in [2.75, 3.05) is 19.8 Å². The first-order valence-corrected chi connectivity index (χ1v) is 28.5. The maximum absolute atomic E-state index is 12.9. The standard InChI is InChI=1S/C12H22O35S8.8Al/c13-48(14,15)37-1-4-6(43-51(22,23)24)8(45-53(28,29)30)9(46-54(31,32)33)11(40-4)42-12(3-39-50(19,20)21)10(47-55(34,35)36)7(44-52(25,26)27)5(41-12)2-38-49(16,17)18;;;;;;;;/h4-11H,1-3H2,(H,13,14,15)(H,16,17,18)(H,19,20,21)(H,22,23,24)(H,25,26,27)(H,28,29,30)(H,31,32,33)(H,34,35,36);;;;;;;;/q;8*+1/p-8/t4-,5-,6-,7-,8+,9-,10+,11-,12+;;;;;;;;/m1......../s1. The van der Waals surface area contributed by atoms with Crippen molar-refractivity contribution in [3.05, 3.63) is 0 Å². The molecule has 0 spiro atoms. The molecule has 0 unspecified atom stereocenters. The molecule has 0 aliphatic carbocycles. The molecule has 2 aliphatic heterocycles. The molecular formula is C12H14Al8O35S8. The van der Waals surface area contributed by atoms with E-state index in [0.29, 0.717) is 0 Å². The predicted octanol–water partition coefficient (Wildman–Crippen LogP) is -10.4. The van der Waals surface area contributed by atoms with Crippen LogP contribution in [0.1, 0.15) is 0 Å². The summed E-state index contributed by atoms with van der Waals surface area (Å²) in [4.78, 5) is 0. The molecule has 344 valence electrons. The van der Waals surface area contributed by atoms with E-state index in [-0.39, 0.29) is 0 Å². The molecule has 2 fully saturated rings. The van der Waals surface area contributed by atoms with Crippen molar-refractivity contribution in [3.8, 4) is 0 Å². The SMILES string of the molecule is O=S(=O)([O][Al])OC[C@H]1O[C@@](COS(=O)(=O)[O][Al])(O[C@H]2O[C@H](COS(=O)(=O)[O][Al])[C@@H](OS(=O)(=O)[O][Al])[C@H](OS(=O)(=O)[O][Al])[C@H]2OS(=O)(=O)[O][Al])[C@@H](OS(=O)(=O)[O][Al])[C@@H]1OS(=O)(=O)[O][Al]. The van der Waals surface area contributed by atoms with E-state index in [1.54, 1.807) is 0 Å². The van der Waals surface area contributed by atoms with E-state index < -0.39 is 158 Å². The molecule has 0 saturated carbocycles. The molecule has 63 heavy (non-hydrogen) atoms. The summed E-state index contributed by atoms with van der Waals surface area (Å²) in [5.74, 6) is -3.80. The average molecular weight is 1190 g/mol. The second-order valence-electron chi connectivity index (χ2n) is 10.3. The van der Waals surface area contributed by atoms with Crippen LogP contribution >= 0.6 is 0 Å². The Morgan fingerprint density at radius 2 is 0.714 bits per heavy atom. The third-order valence-corrected chi connectivity index (χ3v) is 17.7. The summed E-state index contributed by atoms with van der Waals surface area (Å²) in [5.41, 5.74) is 0. The lowest BCUT2D eigenvalue weighted by molar-refractivity contribution is -0.374. The van der Waals surface area contributed by atoms with Gasteiger partial charge in [-0.2, -0.15) is 67.3 Å². The van der Waals surface area contributed by atoms with E-state index in [1.807, 2.05) is 0 Å². The fourth-order valence-corrected chi connectivity index (χ4v) is 9.37. The molecular weight excluding hydrogens is 1180 g/mol. The minimum atomic E-state index is -5.67. The van der Waals surface area contributed by atoms with Crippen LogP contribution in [0.3, 0.4) is 0 Å². The molecule has 0 aromatic heterocycles. The van der Waals surface area contributed by atoms with E-state index in [0.717, 1.165) is 99.7 Å². The van der Waals surface area contributed by atoms with Gasteiger partial charge in [0.05, 0.1) is 13.2 Å². The summed E-state index contributed by atoms with van der Waals surface area (Å²) in [6, 6.07) is 0. The van der Waals surface area contributed by atoms with Crippen LogP contribution in [0.25, 0.3) is 0 Å². The monoisotopic (exact) mass is 1190 g/mol. The fourth-order valence-electron chi connectivity index (χ4n) is 4.41. The average Bonchev–Trinajstić information content (AvgIpc) is 3.47. The van der Waals surface area contributed by atoms with Crippen LogP contribution in [-0.2, 0) is 157 Å². The molecule has 0 N–H and O–H groups in total. The van der Waals surface area contributed by atoms with E-state index >= 15 is 0 Å². The quantitative estimate of drug-likeness (QED) is 0.0628. The molecule has 2 saturated heterocycles. The summed E-state index contributed by atoms with van der Waals surface area (Å²) >= 11 is 9.26. The Hall–Kier alpha value is 3.10. The topological polar surface area (TPSA) is 448 Å². The molecule has 2 aliphatic rings. The van der Waals surface area contributed by atoms with Crippen molar-refractivity contribution in [2.45, 2.75) is 54.8 Å². The lowest BCUT2D eigenvalue weighted by Crippen LogP contribution is -2.66. The lowest BCUT2D eigenvalue weighted by atomic mass is 9.99. The van der Waals surface area contributed by atoms with E-state index in [1.165, 1.54) is 33.2 Å². The van der Waals surface area contributed by atoms with Gasteiger partial charge in [0.25, 0.3) is 0 Å². The first-order chi connectivity index (χ1) is 28.7. The molecule has 0 bridgehead atoms. The van der Waals surface area contributed by atoms with Gasteiger partial charge in [-0.15, -0.1) is 0 Å². The van der Waals surface area contributed by atoms with Crippen LogP contribution in [0.15, 0.2) is 0 Å². The van der Waals surface area contributed by atoms with Gasteiger partial charge in [-0.3, -0.25) is 0 Å². The van der Waals surface area contributed by atoms with Crippen LogP contribution < -0.4 is 0 Å². The summed E-state index contributed by atoms with van der Waals surface area (Å²) < 4.78 is 288. The Kier molecular flexibility index (Phi) is 24.9. The van der Waals surface area contributed by atoms with Gasteiger partial charge in [-0.1, -0.05) is 0 Å². The van der Waals surface area contributed by atoms with E-state index in [4.69, 9.17) is 35.1 Å². The summed E-state index contributed by atoms with van der Waals surface area (Å²) in [6.45, 7) is -5.31. The zero-order valence-electron chi connectivity index (χ0n) is 29.4. The summed E-state index contributed by atoms with van der Waals surface area (Å²) in [6.07, 6.45) is -23.4. The molecule has 0 aromatic rings. The smallest absolute Gasteiger partial charge is 0.402 e. The van der Waals surface area contributed by atoms with Crippen molar-refractivity contribution in [2.24, 2.45) is 0 Å². The highest BCUT2D eigenvalue weighted by Gasteiger charge is 2.65. The minimum absolute atomic E-state index is 1.12. The van der Waals surface area contributed by atoms with Crippen molar-refractivity contribution in [1.82, 2.24) is 0 Å². The maximum Gasteiger partial charge on any atom is 0.408 e. The summed E-state index contributed by atoms with van der Waals surface area (Å²) in [7, 11) is -43.7. The van der Waals surface area contributed by atoms with Gasteiger partial charge in [0.15, 0.2) is 18.5 Å². The van der Waals surface area contributed by atoms with Crippen LogP contribution in [-0.4, -0.2) is 275 Å². The van der Waals surface area contributed by atoms with Crippen LogP contribution in [0.2, 0.25) is 0 Å². The summed E-state index contributed by atoms with van der Waals surface area (Å²) in [5, 5.41) is 0. The Morgan fingerprint density at radius 1 is 0.381 bits per heavy atom. The Bertz CT molecular complexity index is 2450. The van der Waals surface area contributed by atoms with Crippen molar-refractivity contribution in [1.29, 1.82) is 0 Å². The highest BCUT2D eigenvalue weighted by molar-refractivity contribution is 7.84. The number of hydrogen-bond acceptors (Lipinski definition) is 35. The van der Waals surface area contributed by atoms with Gasteiger partial charge in [-0.05, 0) is 0 Å². The molecule has 51 heteroatoms. The molecule has 9 atom stereocenters. The first-order valence-electron chi connectivity index (χ1n) is 14.1. The van der Waals surface area contributed by atoms with Gasteiger partial charge >= 0.3 is 216 Å². The zero-order valence-corrected chi connectivity index (χ0v) is 45.2. The van der Waals surface area contributed by atoms with Crippen molar-refractivity contribution >= 4 is 216 Å². The Morgan fingerprint density at radius 3 is 1.13 bits per heavy atom. The predicted molar refractivity (Wildman–Crippen MR) is 186 cm³/mol. The molecule has 0 amide bonds. The highest BCUT2D eigenvalue weighted by Crippen LogP contribution is 2.43. The lowest BCUT2D eigenvalue weighted by Gasteiger charge is -2.46. The second kappa shape index (κ2) is 25.2. The van der Waals surface area contributed by atoms with Crippen LogP contribution in [0, 0.1) is 0 Å². The highest BCUT2D eigenvalue weighted by atomic mass is 32.3. The normalized spacial score (nSPS) is 28.2. The van der Waals surface area contributed by atoms with Gasteiger partial charge in [0.2, 0.25) is 5.79 Å². The van der Waals surface area contributed by atoms with E-state index in [9.17, 15) is 67.3 Å². The first kappa shape index (κ1) is 62.2. The Balaban J connectivity index is 3.23. The minimum Gasteiger partial charge on any atom is -0.402 e. The van der Waals surface area contributed by atoms with Gasteiger partial charge in [0.1, 0.15) is 37.1 Å². The zero-order chi connectivity index (χ0) is 48.7. The van der Waals surface area contributed by atoms with Crippen LogP contribution in [0.5, 0.6) is 0 Å². The number of hydrogen-bond donors (Lipinski definition) is 0. The molecule has 2 rings (SSSR count). The third kappa shape index (κ3) is 19.6. The van der Waals surface area contributed by atoms with Gasteiger partial charge in [-0.25, -0.2) is 33.5 Å². The fraction of sp³-hybridized carbons (Fsp3) is 1.00. The molecule has 35 nitrogen and oxygen atoms in total.